The molecular formula is C10H24B3NRu. The van der Waals surface area contributed by atoms with Crippen molar-refractivity contribution in [1.29, 1.82) is 0 Å². The van der Waals surface area contributed by atoms with Crippen molar-refractivity contribution in [1.82, 2.24) is 0 Å². The molecule has 0 heterocycles. The van der Waals surface area contributed by atoms with Gasteiger partial charge in [-0.1, -0.05) is 34.0 Å². The molecule has 1 unspecified atom stereocenters. The predicted molar refractivity (Wildman–Crippen MR) is 74.2 cm³/mol. The van der Waals surface area contributed by atoms with E-state index in [1.165, 1.54) is 27.0 Å². The fourth-order valence-electron chi connectivity index (χ4n) is 1.47. The number of hydrogen-bond acceptors (Lipinski definition) is 1. The molecule has 0 N–H and O–H groups in total. The zero-order chi connectivity index (χ0) is 11.0. The van der Waals surface area contributed by atoms with E-state index in [0.29, 0.717) is 17.9 Å². The molecule has 0 aromatic rings. The van der Waals surface area contributed by atoms with Crippen LogP contribution in [0.1, 0.15) is 34.1 Å². The van der Waals surface area contributed by atoms with Crippen LogP contribution in [-0.4, -0.2) is 34.2 Å². The van der Waals surface area contributed by atoms with Crippen molar-refractivity contribution in [3.8, 4) is 0 Å². The molecule has 0 aromatic heterocycles. The van der Waals surface area contributed by atoms with Crippen LogP contribution in [0.2, 0.25) is 6.32 Å². The summed E-state index contributed by atoms with van der Waals surface area (Å²) in [5, 5.41) is 0. The summed E-state index contributed by atoms with van der Waals surface area (Å²) in [6.45, 7) is 8.92. The van der Waals surface area contributed by atoms with Crippen LogP contribution in [0.5, 0.6) is 0 Å². The minimum absolute atomic E-state index is 0. The standard InChI is InChI=1S/C10H24B3N.Ru/c1-8(2)7-14-10(9(3)4)5-6-12-13-11;/h7-10,12-13H,5-6,11H2,1-4H3;. The molecule has 0 aliphatic rings. The largest absolute Gasteiger partial charge is 0.294 e. The third-order valence-corrected chi connectivity index (χ3v) is 2.45. The molecule has 0 bridgehead atoms. The Labute approximate surface area is 111 Å². The smallest absolute Gasteiger partial charge is 0.0781 e. The van der Waals surface area contributed by atoms with Gasteiger partial charge in [0.15, 0.2) is 0 Å². The van der Waals surface area contributed by atoms with E-state index in [1.807, 2.05) is 0 Å². The van der Waals surface area contributed by atoms with Gasteiger partial charge in [0.25, 0.3) is 0 Å². The minimum atomic E-state index is 0. The topological polar surface area (TPSA) is 12.4 Å². The van der Waals surface area contributed by atoms with Crippen LogP contribution in [0.3, 0.4) is 0 Å². The van der Waals surface area contributed by atoms with Gasteiger partial charge in [-0.15, -0.1) is 0 Å². The SMILES string of the molecule is BBBCCC(N=CC(C)C)C(C)C.[Ru]. The second-order valence-electron chi connectivity index (χ2n) is 4.85. The molecule has 0 aliphatic heterocycles. The Hall–Kier alpha value is 0.488. The quantitative estimate of drug-likeness (QED) is 0.375. The van der Waals surface area contributed by atoms with Crippen LogP contribution >= 0.6 is 0 Å². The van der Waals surface area contributed by atoms with Crippen molar-refractivity contribution in [3.05, 3.63) is 0 Å². The monoisotopic (exact) mass is 293 g/mol. The second kappa shape index (κ2) is 11.0. The fraction of sp³-hybridized carbons (Fsp3) is 0.900. The van der Waals surface area contributed by atoms with Crippen LogP contribution in [-0.2, 0) is 19.5 Å². The van der Waals surface area contributed by atoms with Gasteiger partial charge in [-0.2, -0.15) is 0 Å². The maximum Gasteiger partial charge on any atom is 0.0781 e. The van der Waals surface area contributed by atoms with E-state index in [0.717, 1.165) is 0 Å². The maximum absolute atomic E-state index is 4.67. The third-order valence-electron chi connectivity index (χ3n) is 2.45. The molecule has 0 aromatic carbocycles. The van der Waals surface area contributed by atoms with E-state index in [9.17, 15) is 0 Å². The molecule has 86 valence electrons. The Balaban J connectivity index is 0. The Morgan fingerprint density at radius 1 is 1.27 bits per heavy atom. The van der Waals surface area contributed by atoms with E-state index in [-0.39, 0.29) is 19.5 Å². The fourth-order valence-corrected chi connectivity index (χ4v) is 1.47. The van der Waals surface area contributed by atoms with E-state index in [4.69, 9.17) is 0 Å². The summed E-state index contributed by atoms with van der Waals surface area (Å²) < 4.78 is 0. The van der Waals surface area contributed by atoms with Gasteiger partial charge >= 0.3 is 0 Å². The van der Waals surface area contributed by atoms with Gasteiger partial charge < -0.3 is 0 Å². The Bertz CT molecular complexity index is 163. The second-order valence-corrected chi connectivity index (χ2v) is 4.85. The summed E-state index contributed by atoms with van der Waals surface area (Å²) >= 11 is 0. The summed E-state index contributed by atoms with van der Waals surface area (Å²) in [6, 6.07) is 0.545. The van der Waals surface area contributed by atoms with Gasteiger partial charge in [-0.05, 0) is 18.3 Å². The van der Waals surface area contributed by atoms with Gasteiger partial charge in [0.2, 0.25) is 0 Å². The Morgan fingerprint density at radius 3 is 2.27 bits per heavy atom. The first-order chi connectivity index (χ1) is 6.57. The maximum atomic E-state index is 4.67. The first-order valence-corrected chi connectivity index (χ1v) is 6.11. The Morgan fingerprint density at radius 2 is 1.87 bits per heavy atom. The number of hydrogen-bond donors (Lipinski definition) is 0. The van der Waals surface area contributed by atoms with Crippen LogP contribution < -0.4 is 0 Å². The average Bonchev–Trinajstić information content (AvgIpc) is 2.10. The van der Waals surface area contributed by atoms with Gasteiger partial charge in [0, 0.05) is 25.7 Å². The van der Waals surface area contributed by atoms with Crippen LogP contribution in [0, 0.1) is 11.8 Å². The first kappa shape index (κ1) is 17.9. The molecule has 0 rings (SSSR count). The zero-order valence-electron chi connectivity index (χ0n) is 10.9. The van der Waals surface area contributed by atoms with Crippen LogP contribution in [0.15, 0.2) is 4.99 Å². The van der Waals surface area contributed by atoms with Crippen molar-refractivity contribution < 1.29 is 19.5 Å². The summed E-state index contributed by atoms with van der Waals surface area (Å²) in [6.07, 6.45) is 4.69. The van der Waals surface area contributed by atoms with E-state index < -0.39 is 0 Å². The number of rotatable bonds is 7. The van der Waals surface area contributed by atoms with Gasteiger partial charge in [-0.3, -0.25) is 4.99 Å². The number of aliphatic imine (C=N–C) groups is 1. The molecule has 1 atom stereocenters. The van der Waals surface area contributed by atoms with Crippen molar-refractivity contribution >= 4 is 28.2 Å². The first-order valence-electron chi connectivity index (χ1n) is 6.11. The summed E-state index contributed by atoms with van der Waals surface area (Å²) in [7, 11) is 4.90. The van der Waals surface area contributed by atoms with E-state index >= 15 is 0 Å². The predicted octanol–water partition coefficient (Wildman–Crippen LogP) is 0.880. The average molecular weight is 292 g/mol. The van der Waals surface area contributed by atoms with E-state index in [2.05, 4.69) is 46.6 Å². The third kappa shape index (κ3) is 10.8. The molecule has 0 fully saturated rings. The number of nitrogens with zero attached hydrogens (tertiary/aromatic N) is 1. The van der Waals surface area contributed by atoms with Gasteiger partial charge in [0.1, 0.15) is 0 Å². The summed E-state index contributed by atoms with van der Waals surface area (Å²) in [5.41, 5.74) is 0. The zero-order valence-corrected chi connectivity index (χ0v) is 12.7. The van der Waals surface area contributed by atoms with Crippen LogP contribution in [0.4, 0.5) is 0 Å². The molecule has 0 saturated heterocycles. The van der Waals surface area contributed by atoms with E-state index in [1.54, 1.807) is 0 Å². The molecule has 0 spiro atoms. The van der Waals surface area contributed by atoms with Crippen molar-refractivity contribution in [2.24, 2.45) is 16.8 Å². The van der Waals surface area contributed by atoms with Gasteiger partial charge in [-0.25, -0.2) is 0 Å². The normalized spacial score (nSPS) is 12.9. The molecule has 0 aliphatic carbocycles. The van der Waals surface area contributed by atoms with Crippen LogP contribution in [0.25, 0.3) is 0 Å². The molecular weight excluding hydrogens is 268 g/mol. The van der Waals surface area contributed by atoms with Crippen molar-refractivity contribution in [3.63, 3.8) is 0 Å². The molecule has 15 heavy (non-hydrogen) atoms. The minimum Gasteiger partial charge on any atom is -0.294 e. The molecule has 0 amide bonds. The molecule has 0 radical (unpaired) electrons. The van der Waals surface area contributed by atoms with Gasteiger partial charge in [0.05, 0.1) is 28.0 Å². The summed E-state index contributed by atoms with van der Waals surface area (Å²) in [4.78, 5) is 4.67. The molecule has 1 nitrogen and oxygen atoms in total. The van der Waals surface area contributed by atoms with Crippen molar-refractivity contribution in [2.45, 2.75) is 46.5 Å². The van der Waals surface area contributed by atoms with Crippen molar-refractivity contribution in [2.75, 3.05) is 0 Å². The Kier molecular flexibility index (Phi) is 13.1. The summed E-state index contributed by atoms with van der Waals surface area (Å²) in [5.74, 6) is 1.27. The molecule has 5 heteroatoms. The molecule has 0 saturated carbocycles.